The average molecular weight is 562 g/mol. The molecule has 14 heteroatoms. The molecule has 0 radical (unpaired) electrons. The molecule has 2 aromatic heterocycles. The molecule has 0 bridgehead atoms. The number of ether oxygens (including phenoxy) is 1. The highest BCUT2D eigenvalue weighted by Crippen LogP contribution is 2.47. The van der Waals surface area contributed by atoms with Gasteiger partial charge in [-0.1, -0.05) is 0 Å². The molecule has 0 saturated carbocycles. The fourth-order valence-electron chi connectivity index (χ4n) is 3.62. The molecule has 0 aliphatic heterocycles. The Hall–Kier alpha value is -3.77. The monoisotopic (exact) mass is 561 g/mol. The highest BCUT2D eigenvalue weighted by Gasteiger charge is 2.29. The molecule has 12 nitrogen and oxygen atoms in total. The molecule has 0 amide bonds. The van der Waals surface area contributed by atoms with Crippen LogP contribution in [-0.4, -0.2) is 32.1 Å². The van der Waals surface area contributed by atoms with Gasteiger partial charge in [0.25, 0.3) is 0 Å². The summed E-state index contributed by atoms with van der Waals surface area (Å²) in [4.78, 5) is 31.2. The van der Waals surface area contributed by atoms with Crippen molar-refractivity contribution in [2.45, 2.75) is 47.0 Å². The van der Waals surface area contributed by atoms with Crippen LogP contribution in [0.4, 0.5) is 27.5 Å². The van der Waals surface area contributed by atoms with E-state index in [1.54, 1.807) is 58.2 Å². The van der Waals surface area contributed by atoms with Crippen LogP contribution < -0.4 is 21.1 Å². The Labute approximate surface area is 223 Å². The first kappa shape index (κ1) is 28.2. The summed E-state index contributed by atoms with van der Waals surface area (Å²) in [7, 11) is -3.06. The topological polar surface area (TPSA) is 150 Å². The number of aryl methyl sites for hydroxylation is 2. The number of halogens is 1. The lowest BCUT2D eigenvalue weighted by atomic mass is 10.2. The van der Waals surface area contributed by atoms with Gasteiger partial charge in [0.1, 0.15) is 12.5 Å². The van der Waals surface area contributed by atoms with E-state index in [4.69, 9.17) is 18.2 Å². The largest absolute Gasteiger partial charge is 0.494 e. The maximum atomic E-state index is 14.1. The number of aromatic nitrogens is 3. The number of fused-ring (bicyclic) bond motifs is 1. The van der Waals surface area contributed by atoms with Crippen molar-refractivity contribution < 1.29 is 32.1 Å². The van der Waals surface area contributed by atoms with E-state index in [0.717, 1.165) is 10.1 Å². The smallest absolute Gasteiger partial charge is 0.474 e. The molecule has 1 unspecified atom stereocenters. The number of nitrogens with one attached hydrogen (secondary N) is 2. The lowest BCUT2D eigenvalue weighted by molar-refractivity contribution is 0.0482. The van der Waals surface area contributed by atoms with Gasteiger partial charge in [-0.3, -0.25) is 9.05 Å². The van der Waals surface area contributed by atoms with E-state index in [9.17, 15) is 18.6 Å². The predicted molar refractivity (Wildman–Crippen MR) is 143 cm³/mol. The third-order valence-corrected chi connectivity index (χ3v) is 6.56. The molecule has 4 rings (SSSR count). The molecule has 1 atom stereocenters. The van der Waals surface area contributed by atoms with Crippen molar-refractivity contribution in [2.75, 3.05) is 17.7 Å². The van der Waals surface area contributed by atoms with Crippen LogP contribution in [0.25, 0.3) is 11.1 Å². The quantitative estimate of drug-likeness (QED) is 0.222. The van der Waals surface area contributed by atoms with E-state index >= 15 is 0 Å². The second-order valence-corrected chi connectivity index (χ2v) is 11.1. The van der Waals surface area contributed by atoms with Gasteiger partial charge in [-0.15, -0.1) is 0 Å². The minimum absolute atomic E-state index is 0.0916. The van der Waals surface area contributed by atoms with Gasteiger partial charge in [-0.25, -0.2) is 23.3 Å². The van der Waals surface area contributed by atoms with Gasteiger partial charge in [0, 0.05) is 29.2 Å². The van der Waals surface area contributed by atoms with Crippen molar-refractivity contribution in [1.29, 1.82) is 0 Å². The van der Waals surface area contributed by atoms with Gasteiger partial charge >= 0.3 is 13.6 Å². The Morgan fingerprint density at radius 2 is 1.87 bits per heavy atom. The molecule has 0 fully saturated rings. The van der Waals surface area contributed by atoms with Crippen LogP contribution in [0.2, 0.25) is 0 Å². The van der Waals surface area contributed by atoms with Gasteiger partial charge in [0.05, 0.1) is 18.2 Å². The summed E-state index contributed by atoms with van der Waals surface area (Å²) in [6.45, 7) is 7.67. The summed E-state index contributed by atoms with van der Waals surface area (Å²) >= 11 is 0. The molecule has 4 aromatic rings. The first-order valence-corrected chi connectivity index (χ1v) is 13.3. The van der Waals surface area contributed by atoms with Crippen LogP contribution in [0.5, 0.6) is 5.75 Å². The lowest BCUT2D eigenvalue weighted by Crippen LogP contribution is -2.20. The van der Waals surface area contributed by atoms with E-state index in [1.807, 2.05) is 6.92 Å². The molecule has 2 heterocycles. The van der Waals surface area contributed by atoms with Crippen molar-refractivity contribution in [3.63, 3.8) is 0 Å². The minimum atomic E-state index is -4.44. The number of methoxy groups -OCH3 is 1. The summed E-state index contributed by atoms with van der Waals surface area (Å²) < 4.78 is 47.9. The van der Waals surface area contributed by atoms with Crippen molar-refractivity contribution >= 4 is 42.1 Å². The summed E-state index contributed by atoms with van der Waals surface area (Å²) in [5.74, 6) is -0.410. The molecule has 0 saturated heterocycles. The lowest BCUT2D eigenvalue weighted by Gasteiger charge is -2.22. The summed E-state index contributed by atoms with van der Waals surface area (Å²) in [5, 5.41) is 6.21. The highest BCUT2D eigenvalue weighted by molar-refractivity contribution is 7.47. The highest BCUT2D eigenvalue weighted by atomic mass is 31.2. The number of rotatable bonds is 9. The first-order chi connectivity index (χ1) is 18.2. The van der Waals surface area contributed by atoms with Crippen LogP contribution >= 0.6 is 7.82 Å². The number of nitrogens with zero attached hydrogens (tertiary/aromatic N) is 3. The molecule has 39 heavy (non-hydrogen) atoms. The van der Waals surface area contributed by atoms with Crippen molar-refractivity contribution in [2.24, 2.45) is 0 Å². The van der Waals surface area contributed by atoms with Crippen LogP contribution in [0.1, 0.15) is 31.9 Å². The van der Waals surface area contributed by atoms with Gasteiger partial charge in [0.2, 0.25) is 5.95 Å². The van der Waals surface area contributed by atoms with Crippen molar-refractivity contribution in [1.82, 2.24) is 14.5 Å². The standard InChI is InChI=1S/C25H29FN5O7P/c1-14-9-17(11-20(35-6)21(14)26)29-23-27-12-15(2)22(30-23)28-16-7-8-19-18(10-16)31(24(32)37-19)13-36-39(33,34)38-25(3,4)5/h7-12H,13H2,1-6H3,(H,33,34)(H2,27,28,29,30). The number of phosphoric acid groups is 1. The number of anilines is 4. The molecular formula is C25H29FN5O7P. The summed E-state index contributed by atoms with van der Waals surface area (Å²) in [6, 6.07) is 7.98. The SMILES string of the molecule is COc1cc(Nc2ncc(C)c(Nc3ccc4oc(=O)n(COP(=O)(O)OC(C)(C)C)c4c3)n2)cc(C)c1F. The maximum Gasteiger partial charge on any atom is 0.474 e. The second kappa shape index (κ2) is 10.8. The zero-order valence-electron chi connectivity index (χ0n) is 22.2. The van der Waals surface area contributed by atoms with Gasteiger partial charge < -0.3 is 24.7 Å². The van der Waals surface area contributed by atoms with Crippen molar-refractivity contribution in [3.8, 4) is 5.75 Å². The zero-order valence-corrected chi connectivity index (χ0v) is 23.1. The molecule has 0 spiro atoms. The van der Waals surface area contributed by atoms with E-state index < -0.39 is 31.7 Å². The van der Waals surface area contributed by atoms with Gasteiger partial charge in [-0.05, 0) is 64.4 Å². The number of hydrogen-bond donors (Lipinski definition) is 3. The predicted octanol–water partition coefficient (Wildman–Crippen LogP) is 5.53. The molecule has 2 aromatic carbocycles. The third kappa shape index (κ3) is 6.82. The molecular weight excluding hydrogens is 532 g/mol. The first-order valence-electron chi connectivity index (χ1n) is 11.8. The number of hydrogen-bond acceptors (Lipinski definition) is 10. The second-order valence-electron chi connectivity index (χ2n) is 9.69. The van der Waals surface area contributed by atoms with E-state index in [-0.39, 0.29) is 17.3 Å². The van der Waals surface area contributed by atoms with Crippen LogP contribution in [0.3, 0.4) is 0 Å². The van der Waals surface area contributed by atoms with E-state index in [1.165, 1.54) is 13.2 Å². The van der Waals surface area contributed by atoms with Crippen LogP contribution in [-0.2, 0) is 20.3 Å². The minimum Gasteiger partial charge on any atom is -0.494 e. The fraction of sp³-hybridized carbons (Fsp3) is 0.320. The normalized spacial score (nSPS) is 13.3. The van der Waals surface area contributed by atoms with Gasteiger partial charge in [0.15, 0.2) is 17.1 Å². The van der Waals surface area contributed by atoms with Crippen molar-refractivity contribution in [3.05, 3.63) is 64.0 Å². The van der Waals surface area contributed by atoms with Crippen LogP contribution in [0.15, 0.2) is 45.7 Å². The maximum absolute atomic E-state index is 14.1. The molecule has 208 valence electrons. The molecule has 0 aliphatic rings. The average Bonchev–Trinajstić information content (AvgIpc) is 3.14. The zero-order chi connectivity index (χ0) is 28.5. The number of oxazole rings is 1. The number of benzene rings is 2. The summed E-state index contributed by atoms with van der Waals surface area (Å²) in [6.07, 6.45) is 1.61. The Bertz CT molecular complexity index is 1630. The molecule has 3 N–H and O–H groups in total. The number of phosphoric ester groups is 1. The van der Waals surface area contributed by atoms with Crippen LogP contribution in [0, 0.1) is 19.7 Å². The fourth-order valence-corrected chi connectivity index (χ4v) is 4.62. The van der Waals surface area contributed by atoms with E-state index in [0.29, 0.717) is 28.3 Å². The Morgan fingerprint density at radius 3 is 2.56 bits per heavy atom. The van der Waals surface area contributed by atoms with E-state index in [2.05, 4.69) is 20.6 Å². The Morgan fingerprint density at radius 1 is 1.13 bits per heavy atom. The summed E-state index contributed by atoms with van der Waals surface area (Å²) in [5.41, 5.74) is 1.84. The Kier molecular flexibility index (Phi) is 7.80. The third-order valence-electron chi connectivity index (χ3n) is 5.34. The Balaban J connectivity index is 1.58. The molecule has 0 aliphatic carbocycles. The van der Waals surface area contributed by atoms with Gasteiger partial charge in [-0.2, -0.15) is 4.98 Å².